The Morgan fingerprint density at radius 3 is 2.60 bits per heavy atom. The number of methoxy groups -OCH3 is 1. The molecule has 6 nitrogen and oxygen atoms in total. The fourth-order valence-electron chi connectivity index (χ4n) is 2.95. The zero-order chi connectivity index (χ0) is 21.5. The Bertz CT molecular complexity index is 1050. The van der Waals surface area contributed by atoms with Gasteiger partial charge in [0.1, 0.15) is 17.3 Å². The van der Waals surface area contributed by atoms with Crippen molar-refractivity contribution in [3.63, 3.8) is 0 Å². The van der Waals surface area contributed by atoms with Gasteiger partial charge in [0.15, 0.2) is 0 Å². The van der Waals surface area contributed by atoms with E-state index in [0.29, 0.717) is 23.5 Å². The molecule has 3 rings (SSSR count). The molecule has 0 atom stereocenters. The summed E-state index contributed by atoms with van der Waals surface area (Å²) >= 11 is 1.32. The summed E-state index contributed by atoms with van der Waals surface area (Å²) in [6.07, 6.45) is 0. The average Bonchev–Trinajstić information content (AvgIpc) is 3.07. The number of amides is 2. The van der Waals surface area contributed by atoms with Crippen molar-refractivity contribution in [3.05, 3.63) is 77.2 Å². The molecule has 30 heavy (non-hydrogen) atoms. The molecule has 0 fully saturated rings. The highest BCUT2D eigenvalue weighted by Crippen LogP contribution is 2.24. The quantitative estimate of drug-likeness (QED) is 0.518. The van der Waals surface area contributed by atoms with Gasteiger partial charge in [-0.2, -0.15) is 0 Å². The van der Waals surface area contributed by atoms with Gasteiger partial charge < -0.3 is 19.8 Å². The third-order valence-corrected chi connectivity index (χ3v) is 5.50. The third kappa shape index (κ3) is 5.67. The highest BCUT2D eigenvalue weighted by molar-refractivity contribution is 8.00. The second-order valence-corrected chi connectivity index (χ2v) is 7.70. The van der Waals surface area contributed by atoms with Crippen molar-refractivity contribution in [2.75, 3.05) is 18.2 Å². The molecule has 0 unspecified atom stereocenters. The molecule has 7 heteroatoms. The molecular weight excluding hydrogens is 400 g/mol. The van der Waals surface area contributed by atoms with Gasteiger partial charge in [-0.05, 0) is 44.2 Å². The number of hydrogen-bond acceptors (Lipinski definition) is 5. The van der Waals surface area contributed by atoms with Crippen molar-refractivity contribution >= 4 is 29.3 Å². The van der Waals surface area contributed by atoms with Crippen molar-refractivity contribution < 1.29 is 18.7 Å². The van der Waals surface area contributed by atoms with Gasteiger partial charge >= 0.3 is 0 Å². The Labute approximate surface area is 180 Å². The van der Waals surface area contributed by atoms with Crippen molar-refractivity contribution in [2.24, 2.45) is 0 Å². The number of rotatable bonds is 8. The van der Waals surface area contributed by atoms with Crippen LogP contribution in [-0.4, -0.2) is 24.7 Å². The minimum Gasteiger partial charge on any atom is -0.497 e. The predicted octanol–water partition coefficient (Wildman–Crippen LogP) is 4.57. The lowest BCUT2D eigenvalue weighted by Gasteiger charge is -2.10. The van der Waals surface area contributed by atoms with Crippen molar-refractivity contribution in [1.82, 2.24) is 5.32 Å². The maximum absolute atomic E-state index is 12.7. The normalized spacial score (nSPS) is 10.5. The Balaban J connectivity index is 1.59. The number of ether oxygens (including phenoxy) is 1. The van der Waals surface area contributed by atoms with Gasteiger partial charge in [0.2, 0.25) is 5.91 Å². The molecule has 0 saturated heterocycles. The van der Waals surface area contributed by atoms with E-state index in [0.717, 1.165) is 22.0 Å². The van der Waals surface area contributed by atoms with Gasteiger partial charge in [0, 0.05) is 28.8 Å². The van der Waals surface area contributed by atoms with Gasteiger partial charge in [0.25, 0.3) is 5.91 Å². The van der Waals surface area contributed by atoms with E-state index in [4.69, 9.17) is 9.15 Å². The van der Waals surface area contributed by atoms with Crippen LogP contribution in [0.4, 0.5) is 5.69 Å². The molecule has 0 aliphatic heterocycles. The Morgan fingerprint density at radius 2 is 1.87 bits per heavy atom. The number of aryl methyl sites for hydroxylation is 2. The van der Waals surface area contributed by atoms with Crippen molar-refractivity contribution in [2.45, 2.75) is 25.3 Å². The summed E-state index contributed by atoms with van der Waals surface area (Å²) in [6, 6.07) is 16.3. The summed E-state index contributed by atoms with van der Waals surface area (Å²) < 4.78 is 10.7. The first-order chi connectivity index (χ1) is 14.5. The Kier molecular flexibility index (Phi) is 7.19. The monoisotopic (exact) mass is 424 g/mol. The van der Waals surface area contributed by atoms with E-state index >= 15 is 0 Å². The molecule has 0 bridgehead atoms. The maximum atomic E-state index is 12.7. The van der Waals surface area contributed by atoms with E-state index in [1.807, 2.05) is 50.2 Å². The van der Waals surface area contributed by atoms with Crippen LogP contribution in [0.1, 0.15) is 27.4 Å². The van der Waals surface area contributed by atoms with Gasteiger partial charge in [-0.3, -0.25) is 9.59 Å². The van der Waals surface area contributed by atoms with E-state index in [-0.39, 0.29) is 17.6 Å². The SMILES string of the molecule is COc1cccc(NC(=O)CSc2ccccc2C(=O)NCc2cc(C)oc2C)c1. The van der Waals surface area contributed by atoms with Crippen LogP contribution in [0, 0.1) is 13.8 Å². The molecule has 0 aliphatic rings. The lowest BCUT2D eigenvalue weighted by molar-refractivity contribution is -0.113. The molecule has 3 aromatic rings. The minimum atomic E-state index is -0.190. The fraction of sp³-hybridized carbons (Fsp3) is 0.217. The zero-order valence-corrected chi connectivity index (χ0v) is 18.0. The van der Waals surface area contributed by atoms with Crippen LogP contribution >= 0.6 is 11.8 Å². The molecule has 2 N–H and O–H groups in total. The first-order valence-electron chi connectivity index (χ1n) is 9.46. The number of carbonyl (C=O) groups is 2. The number of benzene rings is 2. The molecule has 0 radical (unpaired) electrons. The number of anilines is 1. The lowest BCUT2D eigenvalue weighted by Crippen LogP contribution is -2.23. The molecule has 0 spiro atoms. The summed E-state index contributed by atoms with van der Waals surface area (Å²) in [6.45, 7) is 4.14. The summed E-state index contributed by atoms with van der Waals surface area (Å²) in [5, 5.41) is 5.76. The third-order valence-electron chi connectivity index (χ3n) is 4.43. The highest BCUT2D eigenvalue weighted by Gasteiger charge is 2.14. The molecule has 1 heterocycles. The summed E-state index contributed by atoms with van der Waals surface area (Å²) in [5.41, 5.74) is 2.15. The van der Waals surface area contributed by atoms with Gasteiger partial charge in [-0.15, -0.1) is 11.8 Å². The summed E-state index contributed by atoms with van der Waals surface area (Å²) in [7, 11) is 1.58. The minimum absolute atomic E-state index is 0.159. The van der Waals surface area contributed by atoms with E-state index in [9.17, 15) is 9.59 Å². The highest BCUT2D eigenvalue weighted by atomic mass is 32.2. The smallest absolute Gasteiger partial charge is 0.252 e. The van der Waals surface area contributed by atoms with Crippen molar-refractivity contribution in [3.8, 4) is 5.75 Å². The Morgan fingerprint density at radius 1 is 1.07 bits per heavy atom. The number of nitrogens with one attached hydrogen (secondary N) is 2. The Hall–Kier alpha value is -3.19. The van der Waals surface area contributed by atoms with Crippen LogP contribution in [-0.2, 0) is 11.3 Å². The predicted molar refractivity (Wildman–Crippen MR) is 118 cm³/mol. The largest absolute Gasteiger partial charge is 0.497 e. The first kappa shape index (κ1) is 21.5. The number of hydrogen-bond donors (Lipinski definition) is 2. The van der Waals surface area contributed by atoms with E-state index in [1.165, 1.54) is 11.8 Å². The van der Waals surface area contributed by atoms with Gasteiger partial charge in [-0.1, -0.05) is 18.2 Å². The fourth-order valence-corrected chi connectivity index (χ4v) is 3.80. The van der Waals surface area contributed by atoms with Crippen LogP contribution in [0.5, 0.6) is 5.75 Å². The van der Waals surface area contributed by atoms with Gasteiger partial charge in [0.05, 0.1) is 18.4 Å². The molecule has 2 aromatic carbocycles. The van der Waals surface area contributed by atoms with Crippen LogP contribution in [0.25, 0.3) is 0 Å². The topological polar surface area (TPSA) is 80.6 Å². The molecular formula is C23H24N2O4S. The molecule has 0 saturated carbocycles. The maximum Gasteiger partial charge on any atom is 0.252 e. The molecule has 1 aromatic heterocycles. The second-order valence-electron chi connectivity index (χ2n) is 6.69. The van der Waals surface area contributed by atoms with Crippen molar-refractivity contribution in [1.29, 1.82) is 0 Å². The number of furan rings is 1. The van der Waals surface area contributed by atoms with Crippen LogP contribution < -0.4 is 15.4 Å². The van der Waals surface area contributed by atoms with E-state index in [1.54, 1.807) is 25.3 Å². The average molecular weight is 425 g/mol. The summed E-state index contributed by atoms with van der Waals surface area (Å²) in [4.78, 5) is 25.8. The molecule has 0 aliphatic carbocycles. The number of thioether (sulfide) groups is 1. The molecule has 2 amide bonds. The van der Waals surface area contributed by atoms with Crippen LogP contribution in [0.3, 0.4) is 0 Å². The van der Waals surface area contributed by atoms with E-state index < -0.39 is 0 Å². The van der Waals surface area contributed by atoms with Gasteiger partial charge in [-0.25, -0.2) is 0 Å². The second kappa shape index (κ2) is 10.0. The number of carbonyl (C=O) groups excluding carboxylic acids is 2. The lowest BCUT2D eigenvalue weighted by atomic mass is 10.2. The standard InChI is InChI=1S/C23H24N2O4S/c1-15-11-17(16(2)29-15)13-24-23(27)20-9-4-5-10-21(20)30-14-22(26)25-18-7-6-8-19(12-18)28-3/h4-12H,13-14H2,1-3H3,(H,24,27)(H,25,26). The zero-order valence-electron chi connectivity index (χ0n) is 17.2. The molecule has 156 valence electrons. The van der Waals surface area contributed by atoms with Crippen LogP contribution in [0.15, 0.2) is 63.9 Å². The van der Waals surface area contributed by atoms with E-state index in [2.05, 4.69) is 10.6 Å². The first-order valence-corrected chi connectivity index (χ1v) is 10.4. The van der Waals surface area contributed by atoms with Crippen LogP contribution in [0.2, 0.25) is 0 Å². The summed E-state index contributed by atoms with van der Waals surface area (Å²) in [5.74, 6) is 2.11.